The number of anilines is 1. The van der Waals surface area contributed by atoms with Gasteiger partial charge in [0.05, 0.1) is 11.2 Å². The van der Waals surface area contributed by atoms with E-state index in [-0.39, 0.29) is 23.4 Å². The molecule has 2 N–H and O–H groups in total. The van der Waals surface area contributed by atoms with E-state index in [1.807, 2.05) is 12.3 Å². The molecule has 4 rings (SSSR count). The predicted octanol–water partition coefficient (Wildman–Crippen LogP) is 3.24. The summed E-state index contributed by atoms with van der Waals surface area (Å²) in [5, 5.41) is 10.8. The molecule has 0 unspecified atom stereocenters. The summed E-state index contributed by atoms with van der Waals surface area (Å²) in [4.78, 5) is 30.1. The van der Waals surface area contributed by atoms with Crippen LogP contribution in [0, 0.1) is 5.41 Å². The molecule has 0 aliphatic carbocycles. The van der Waals surface area contributed by atoms with Crippen molar-refractivity contribution in [3.63, 3.8) is 0 Å². The molecule has 8 nitrogen and oxygen atoms in total. The number of pyridine rings is 1. The van der Waals surface area contributed by atoms with Crippen LogP contribution in [0.5, 0.6) is 0 Å². The molecular weight excluding hydrogens is 416 g/mol. The number of urea groups is 1. The Morgan fingerprint density at radius 3 is 2.87 bits per heavy atom. The van der Waals surface area contributed by atoms with Gasteiger partial charge in [0.1, 0.15) is 5.82 Å². The molecule has 2 aromatic rings. The lowest BCUT2D eigenvalue weighted by Gasteiger charge is -2.32. The van der Waals surface area contributed by atoms with E-state index in [1.165, 1.54) is 5.69 Å². The third-order valence-electron chi connectivity index (χ3n) is 6.02. The Kier molecular flexibility index (Phi) is 5.92. The highest BCUT2D eigenvalue weighted by Crippen LogP contribution is 2.34. The number of nitrogens with zero attached hydrogens (tertiary/aromatic N) is 4. The first-order valence-electron chi connectivity index (χ1n) is 10.7. The number of hydrogen-bond donors (Lipinski definition) is 2. The molecule has 0 bridgehead atoms. The molecule has 2 aromatic heterocycles. The summed E-state index contributed by atoms with van der Waals surface area (Å²) in [7, 11) is 0. The number of aromatic nitrogens is 3. The van der Waals surface area contributed by atoms with Gasteiger partial charge >= 0.3 is 6.03 Å². The maximum Gasteiger partial charge on any atom is 0.320 e. The van der Waals surface area contributed by atoms with E-state index < -0.39 is 0 Å². The first kappa shape index (κ1) is 21.6. The van der Waals surface area contributed by atoms with Crippen LogP contribution in [-0.2, 0) is 24.2 Å². The third kappa shape index (κ3) is 5.01. The second kappa shape index (κ2) is 8.49. The van der Waals surface area contributed by atoms with Crippen LogP contribution in [-0.4, -0.2) is 50.7 Å². The Hall–Kier alpha value is -2.61. The maximum atomic E-state index is 12.5. The molecule has 166 valence electrons. The smallest absolute Gasteiger partial charge is 0.320 e. The number of hydrogen-bond acceptors (Lipinski definition) is 4. The zero-order chi connectivity index (χ0) is 22.2. The fourth-order valence-electron chi connectivity index (χ4n) is 4.46. The number of carbonyl (C=O) groups is 2. The van der Waals surface area contributed by atoms with Crippen molar-refractivity contribution in [2.75, 3.05) is 18.4 Å². The van der Waals surface area contributed by atoms with Gasteiger partial charge in [0.15, 0.2) is 0 Å². The van der Waals surface area contributed by atoms with E-state index in [0.29, 0.717) is 23.8 Å². The van der Waals surface area contributed by atoms with E-state index in [0.717, 1.165) is 43.5 Å². The van der Waals surface area contributed by atoms with Gasteiger partial charge in [-0.3, -0.25) is 14.8 Å². The molecule has 3 amide bonds. The summed E-state index contributed by atoms with van der Waals surface area (Å²) in [5.41, 5.74) is 3.51. The average molecular weight is 445 g/mol. The molecule has 0 spiro atoms. The molecule has 2 aliphatic rings. The minimum atomic E-state index is -0.329. The number of nitrogens with one attached hydrogen (secondary N) is 2. The van der Waals surface area contributed by atoms with Crippen LogP contribution < -0.4 is 10.6 Å². The van der Waals surface area contributed by atoms with Gasteiger partial charge in [-0.1, -0.05) is 25.4 Å². The lowest BCUT2D eigenvalue weighted by Crippen LogP contribution is -2.50. The zero-order valence-corrected chi connectivity index (χ0v) is 19.0. The topological polar surface area (TPSA) is 92.2 Å². The first-order valence-corrected chi connectivity index (χ1v) is 11.1. The highest BCUT2D eigenvalue weighted by molar-refractivity contribution is 6.31. The molecule has 9 heteroatoms. The number of piperidine rings is 1. The van der Waals surface area contributed by atoms with E-state index in [4.69, 9.17) is 11.6 Å². The van der Waals surface area contributed by atoms with E-state index in [1.54, 1.807) is 18.0 Å². The molecule has 1 fully saturated rings. The van der Waals surface area contributed by atoms with Crippen molar-refractivity contribution in [1.82, 2.24) is 25.0 Å². The summed E-state index contributed by atoms with van der Waals surface area (Å²) in [6.45, 7) is 8.24. The first-order chi connectivity index (χ1) is 14.7. The van der Waals surface area contributed by atoms with Crippen molar-refractivity contribution < 1.29 is 9.59 Å². The number of fused-ring (bicyclic) bond motifs is 1. The molecule has 0 aromatic carbocycles. The summed E-state index contributed by atoms with van der Waals surface area (Å²) in [6, 6.07) is 1.42. The van der Waals surface area contributed by atoms with Crippen molar-refractivity contribution in [2.24, 2.45) is 5.41 Å². The van der Waals surface area contributed by atoms with Gasteiger partial charge in [-0.15, -0.1) is 0 Å². The second-order valence-electron chi connectivity index (χ2n) is 9.36. The van der Waals surface area contributed by atoms with Crippen molar-refractivity contribution in [1.29, 1.82) is 0 Å². The largest absolute Gasteiger partial charge is 0.341 e. The predicted molar refractivity (Wildman–Crippen MR) is 119 cm³/mol. The molecule has 1 saturated heterocycles. The SMILES string of the molecule is CC(=O)N1CCC[C@@H](NC(=O)Nc2cc(Cc3cnn4c3CC(C)(C)C4)c(Cl)cn2)C1. The Bertz CT molecular complexity index is 1000. The zero-order valence-electron chi connectivity index (χ0n) is 18.2. The summed E-state index contributed by atoms with van der Waals surface area (Å²) in [6.07, 6.45) is 6.82. The number of rotatable bonds is 4. The Morgan fingerprint density at radius 2 is 2.10 bits per heavy atom. The van der Waals surface area contributed by atoms with Gasteiger partial charge in [0.2, 0.25) is 5.91 Å². The number of amides is 3. The summed E-state index contributed by atoms with van der Waals surface area (Å²) in [5.74, 6) is 0.478. The van der Waals surface area contributed by atoms with Crippen molar-refractivity contribution in [3.05, 3.63) is 40.3 Å². The average Bonchev–Trinajstić information content (AvgIpc) is 3.20. The van der Waals surface area contributed by atoms with E-state index in [2.05, 4.69) is 39.2 Å². The van der Waals surface area contributed by atoms with Crippen LogP contribution in [0.1, 0.15) is 50.4 Å². The molecule has 0 saturated carbocycles. The van der Waals surface area contributed by atoms with Crippen LogP contribution >= 0.6 is 11.6 Å². The van der Waals surface area contributed by atoms with E-state index >= 15 is 0 Å². The van der Waals surface area contributed by atoms with Gasteiger partial charge in [0.25, 0.3) is 0 Å². The Morgan fingerprint density at radius 1 is 1.29 bits per heavy atom. The van der Waals surface area contributed by atoms with Crippen molar-refractivity contribution in [2.45, 2.75) is 59.0 Å². The standard InChI is InChI=1S/C22H29ClN6O2/c1-14(30)28-6-4-5-17(12-28)26-21(31)27-20-8-15(18(23)11-24-20)7-16-10-25-29-13-22(2,3)9-19(16)29/h8,10-11,17H,4-7,9,12-13H2,1-3H3,(H2,24,26,27,31)/t17-/m1/s1. The summed E-state index contributed by atoms with van der Waals surface area (Å²) < 4.78 is 2.07. The van der Waals surface area contributed by atoms with Crippen LogP contribution in [0.15, 0.2) is 18.5 Å². The number of halogens is 1. The Labute approximate surface area is 187 Å². The van der Waals surface area contributed by atoms with Crippen LogP contribution in [0.3, 0.4) is 0 Å². The lowest BCUT2D eigenvalue weighted by atomic mass is 9.90. The molecule has 1 atom stereocenters. The van der Waals surface area contributed by atoms with Gasteiger partial charge < -0.3 is 10.2 Å². The van der Waals surface area contributed by atoms with Crippen LogP contribution in [0.2, 0.25) is 5.02 Å². The molecule has 31 heavy (non-hydrogen) atoms. The molecule has 0 radical (unpaired) electrons. The maximum absolute atomic E-state index is 12.5. The van der Waals surface area contributed by atoms with Gasteiger partial charge in [0, 0.05) is 50.9 Å². The quantitative estimate of drug-likeness (QED) is 0.757. The van der Waals surface area contributed by atoms with Gasteiger partial charge in [-0.2, -0.15) is 5.10 Å². The van der Waals surface area contributed by atoms with E-state index in [9.17, 15) is 9.59 Å². The summed E-state index contributed by atoms with van der Waals surface area (Å²) >= 11 is 6.40. The van der Waals surface area contributed by atoms with Gasteiger partial charge in [-0.25, -0.2) is 9.78 Å². The fourth-order valence-corrected chi connectivity index (χ4v) is 4.63. The minimum Gasteiger partial charge on any atom is -0.341 e. The second-order valence-corrected chi connectivity index (χ2v) is 9.76. The highest BCUT2D eigenvalue weighted by atomic mass is 35.5. The molecular formula is C22H29ClN6O2. The lowest BCUT2D eigenvalue weighted by molar-refractivity contribution is -0.130. The number of carbonyl (C=O) groups excluding carboxylic acids is 2. The monoisotopic (exact) mass is 444 g/mol. The van der Waals surface area contributed by atoms with Crippen molar-refractivity contribution in [3.8, 4) is 0 Å². The normalized spacial score (nSPS) is 19.7. The van der Waals surface area contributed by atoms with Crippen LogP contribution in [0.4, 0.5) is 10.6 Å². The molecule has 4 heterocycles. The third-order valence-corrected chi connectivity index (χ3v) is 6.36. The van der Waals surface area contributed by atoms with Crippen LogP contribution in [0.25, 0.3) is 0 Å². The van der Waals surface area contributed by atoms with Crippen molar-refractivity contribution >= 4 is 29.4 Å². The highest BCUT2D eigenvalue weighted by Gasteiger charge is 2.31. The van der Waals surface area contributed by atoms with Gasteiger partial charge in [-0.05, 0) is 41.9 Å². The fraction of sp³-hybridized carbons (Fsp3) is 0.545. The number of likely N-dealkylation sites (tertiary alicyclic amines) is 1. The Balaban J connectivity index is 1.41. The molecule has 2 aliphatic heterocycles. The minimum absolute atomic E-state index is 0.0333.